The molecule has 0 saturated heterocycles. The largest absolute Gasteiger partial charge is 0.243 e. The Balaban J connectivity index is 1.84. The lowest BCUT2D eigenvalue weighted by Crippen LogP contribution is -2.26. The minimum atomic E-state index is -3.45. The molecule has 0 spiro atoms. The molecular formula is C17H18BrNO2S. The third kappa shape index (κ3) is 3.12. The van der Waals surface area contributed by atoms with E-state index in [-0.39, 0.29) is 0 Å². The van der Waals surface area contributed by atoms with Gasteiger partial charge in [0.25, 0.3) is 0 Å². The van der Waals surface area contributed by atoms with E-state index < -0.39 is 10.0 Å². The third-order valence-corrected chi connectivity index (χ3v) is 6.42. The summed E-state index contributed by atoms with van der Waals surface area (Å²) in [7, 11) is -1.82. The van der Waals surface area contributed by atoms with Crippen molar-refractivity contribution in [3.63, 3.8) is 0 Å². The predicted octanol–water partition coefficient (Wildman–Crippen LogP) is 3.76. The lowest BCUT2D eigenvalue weighted by molar-refractivity contribution is 0.466. The van der Waals surface area contributed by atoms with Crippen LogP contribution in [0.1, 0.15) is 23.1 Å². The SMILES string of the molecule is CN(Cc1ccc(Br)cc1)S(=O)(=O)c1ccc2c(c1)CCC2. The van der Waals surface area contributed by atoms with Crippen molar-refractivity contribution in [2.24, 2.45) is 0 Å². The van der Waals surface area contributed by atoms with Crippen LogP contribution in [0.2, 0.25) is 0 Å². The second-order valence-electron chi connectivity index (χ2n) is 5.67. The molecule has 0 amide bonds. The van der Waals surface area contributed by atoms with Crippen LogP contribution in [0.5, 0.6) is 0 Å². The van der Waals surface area contributed by atoms with Crippen LogP contribution in [-0.4, -0.2) is 19.8 Å². The summed E-state index contributed by atoms with van der Waals surface area (Å²) in [5, 5.41) is 0. The van der Waals surface area contributed by atoms with E-state index in [0.717, 1.165) is 29.3 Å². The molecule has 3 nitrogen and oxygen atoms in total. The van der Waals surface area contributed by atoms with Crippen molar-refractivity contribution in [3.8, 4) is 0 Å². The van der Waals surface area contributed by atoms with Gasteiger partial charge in [-0.3, -0.25) is 0 Å². The summed E-state index contributed by atoms with van der Waals surface area (Å²) in [6.45, 7) is 0.368. The summed E-state index contributed by atoms with van der Waals surface area (Å²) in [6.07, 6.45) is 3.16. The number of sulfonamides is 1. The quantitative estimate of drug-likeness (QED) is 0.810. The van der Waals surface area contributed by atoms with Crippen LogP contribution in [0.3, 0.4) is 0 Å². The maximum atomic E-state index is 12.7. The molecule has 0 aliphatic heterocycles. The van der Waals surface area contributed by atoms with Crippen LogP contribution in [0, 0.1) is 0 Å². The van der Waals surface area contributed by atoms with E-state index in [2.05, 4.69) is 15.9 Å². The average molecular weight is 380 g/mol. The molecule has 1 aliphatic rings. The molecule has 0 N–H and O–H groups in total. The van der Waals surface area contributed by atoms with Gasteiger partial charge in [-0.1, -0.05) is 34.1 Å². The van der Waals surface area contributed by atoms with Crippen molar-refractivity contribution in [3.05, 3.63) is 63.6 Å². The monoisotopic (exact) mass is 379 g/mol. The van der Waals surface area contributed by atoms with Crippen molar-refractivity contribution < 1.29 is 8.42 Å². The fourth-order valence-electron chi connectivity index (χ4n) is 2.82. The molecule has 0 atom stereocenters. The Morgan fingerprint density at radius 3 is 2.45 bits per heavy atom. The molecule has 2 aromatic carbocycles. The second-order valence-corrected chi connectivity index (χ2v) is 8.63. The number of fused-ring (bicyclic) bond motifs is 1. The van der Waals surface area contributed by atoms with Crippen LogP contribution in [0.25, 0.3) is 0 Å². The van der Waals surface area contributed by atoms with Gasteiger partial charge in [-0.2, -0.15) is 4.31 Å². The van der Waals surface area contributed by atoms with Crippen LogP contribution >= 0.6 is 15.9 Å². The Bertz CT molecular complexity index is 785. The van der Waals surface area contributed by atoms with Crippen LogP contribution < -0.4 is 0 Å². The van der Waals surface area contributed by atoms with Gasteiger partial charge in [-0.05, 0) is 60.2 Å². The Morgan fingerprint density at radius 1 is 1.05 bits per heavy atom. The van der Waals surface area contributed by atoms with Gasteiger partial charge in [-0.15, -0.1) is 0 Å². The molecule has 0 heterocycles. The first kappa shape index (κ1) is 15.7. The van der Waals surface area contributed by atoms with E-state index in [1.807, 2.05) is 36.4 Å². The summed E-state index contributed by atoms with van der Waals surface area (Å²) >= 11 is 3.38. The zero-order chi connectivity index (χ0) is 15.7. The van der Waals surface area contributed by atoms with Crippen molar-refractivity contribution >= 4 is 26.0 Å². The fourth-order valence-corrected chi connectivity index (χ4v) is 4.29. The van der Waals surface area contributed by atoms with Gasteiger partial charge >= 0.3 is 0 Å². The maximum absolute atomic E-state index is 12.7. The van der Waals surface area contributed by atoms with Gasteiger partial charge in [0.2, 0.25) is 10.0 Å². The van der Waals surface area contributed by atoms with Gasteiger partial charge in [0.15, 0.2) is 0 Å². The topological polar surface area (TPSA) is 37.4 Å². The highest BCUT2D eigenvalue weighted by atomic mass is 79.9. The lowest BCUT2D eigenvalue weighted by Gasteiger charge is -2.18. The number of rotatable bonds is 4. The van der Waals surface area contributed by atoms with E-state index in [9.17, 15) is 8.42 Å². The lowest BCUT2D eigenvalue weighted by atomic mass is 10.1. The standard InChI is InChI=1S/C17H18BrNO2S/c1-19(12-13-5-8-16(18)9-6-13)22(20,21)17-10-7-14-3-2-4-15(14)11-17/h5-11H,2-4,12H2,1H3. The van der Waals surface area contributed by atoms with Gasteiger partial charge < -0.3 is 0 Å². The molecule has 5 heteroatoms. The summed E-state index contributed by atoms with van der Waals surface area (Å²) in [5.74, 6) is 0. The molecule has 3 rings (SSSR count). The van der Waals surface area contributed by atoms with E-state index in [4.69, 9.17) is 0 Å². The van der Waals surface area contributed by atoms with E-state index in [1.165, 1.54) is 15.4 Å². The second kappa shape index (κ2) is 6.14. The minimum Gasteiger partial charge on any atom is -0.207 e. The average Bonchev–Trinajstić information content (AvgIpc) is 2.97. The molecule has 0 bridgehead atoms. The molecule has 0 unspecified atom stereocenters. The van der Waals surface area contributed by atoms with Gasteiger partial charge in [0, 0.05) is 18.1 Å². The highest BCUT2D eigenvalue weighted by molar-refractivity contribution is 9.10. The van der Waals surface area contributed by atoms with Crippen LogP contribution in [0.15, 0.2) is 51.8 Å². The summed E-state index contributed by atoms with van der Waals surface area (Å²) in [5.41, 5.74) is 3.43. The van der Waals surface area contributed by atoms with Crippen LogP contribution in [0.4, 0.5) is 0 Å². The zero-order valence-electron chi connectivity index (χ0n) is 12.4. The molecule has 0 fully saturated rings. The van der Waals surface area contributed by atoms with E-state index in [0.29, 0.717) is 11.4 Å². The minimum absolute atomic E-state index is 0.368. The Labute approximate surface area is 140 Å². The van der Waals surface area contributed by atoms with Crippen LogP contribution in [-0.2, 0) is 29.4 Å². The molecule has 2 aromatic rings. The van der Waals surface area contributed by atoms with Crippen molar-refractivity contribution in [2.75, 3.05) is 7.05 Å². The first-order valence-corrected chi connectivity index (χ1v) is 9.53. The smallest absolute Gasteiger partial charge is 0.207 e. The first-order chi connectivity index (χ1) is 10.5. The van der Waals surface area contributed by atoms with Crippen molar-refractivity contribution in [1.82, 2.24) is 4.31 Å². The Hall–Kier alpha value is -1.17. The fraction of sp³-hybridized carbons (Fsp3) is 0.294. The molecule has 0 radical (unpaired) electrons. The summed E-state index contributed by atoms with van der Waals surface area (Å²) in [4.78, 5) is 0.396. The van der Waals surface area contributed by atoms with E-state index in [1.54, 1.807) is 13.1 Å². The molecule has 116 valence electrons. The number of hydrogen-bond donors (Lipinski definition) is 0. The summed E-state index contributed by atoms with van der Waals surface area (Å²) < 4.78 is 27.8. The Morgan fingerprint density at radius 2 is 1.73 bits per heavy atom. The molecule has 0 aromatic heterocycles. The normalized spacial score (nSPS) is 14.3. The first-order valence-electron chi connectivity index (χ1n) is 7.29. The van der Waals surface area contributed by atoms with Crippen molar-refractivity contribution in [1.29, 1.82) is 0 Å². The van der Waals surface area contributed by atoms with E-state index >= 15 is 0 Å². The third-order valence-electron chi connectivity index (χ3n) is 4.10. The molecule has 1 aliphatic carbocycles. The zero-order valence-corrected chi connectivity index (χ0v) is 14.8. The highest BCUT2D eigenvalue weighted by Gasteiger charge is 2.23. The van der Waals surface area contributed by atoms with Gasteiger partial charge in [0.05, 0.1) is 4.90 Å². The van der Waals surface area contributed by atoms with Gasteiger partial charge in [-0.25, -0.2) is 8.42 Å². The summed E-state index contributed by atoms with van der Waals surface area (Å²) in [6, 6.07) is 13.2. The molecular weight excluding hydrogens is 362 g/mol. The van der Waals surface area contributed by atoms with Crippen molar-refractivity contribution in [2.45, 2.75) is 30.7 Å². The highest BCUT2D eigenvalue weighted by Crippen LogP contribution is 2.26. The number of halogens is 1. The predicted molar refractivity (Wildman–Crippen MR) is 91.3 cm³/mol. The number of nitrogens with zero attached hydrogens (tertiary/aromatic N) is 1. The maximum Gasteiger partial charge on any atom is 0.243 e. The Kier molecular flexibility index (Phi) is 4.39. The number of hydrogen-bond acceptors (Lipinski definition) is 2. The molecule has 0 saturated carbocycles. The molecule has 22 heavy (non-hydrogen) atoms. The number of benzene rings is 2. The van der Waals surface area contributed by atoms with Gasteiger partial charge in [0.1, 0.15) is 0 Å². The number of aryl methyl sites for hydroxylation is 2.